The van der Waals surface area contributed by atoms with Gasteiger partial charge in [0.1, 0.15) is 0 Å². The fourth-order valence-corrected chi connectivity index (χ4v) is 2.96. The number of rotatable bonds is 4. The third-order valence-electron chi connectivity index (χ3n) is 2.84. The van der Waals surface area contributed by atoms with Gasteiger partial charge in [-0.05, 0) is 30.2 Å². The molecule has 0 heterocycles. The molecule has 4 nitrogen and oxygen atoms in total. The molecular formula is C15H13ClO4S. The lowest BCUT2D eigenvalue weighted by Crippen LogP contribution is -2.09. The van der Waals surface area contributed by atoms with Crippen molar-refractivity contribution >= 4 is 25.7 Å². The molecule has 2 rings (SSSR count). The number of benzene rings is 2. The number of esters is 1. The molecule has 0 saturated heterocycles. The predicted molar refractivity (Wildman–Crippen MR) is 80.9 cm³/mol. The molecular weight excluding hydrogens is 312 g/mol. The van der Waals surface area contributed by atoms with Crippen LogP contribution in [0.15, 0.2) is 53.4 Å². The van der Waals surface area contributed by atoms with Crippen LogP contribution in [0.25, 0.3) is 11.1 Å². The van der Waals surface area contributed by atoms with Crippen molar-refractivity contribution in [1.29, 1.82) is 0 Å². The second kappa shape index (κ2) is 6.28. The topological polar surface area (TPSA) is 60.4 Å². The maximum absolute atomic E-state index is 12.0. The molecule has 0 aliphatic carbocycles. The first-order valence-electron chi connectivity index (χ1n) is 6.24. The number of ether oxygens (including phenoxy) is 1. The standard InChI is InChI=1S/C15H13ClO4S/c1-2-20-15(17)13-10-12(11-6-4-3-5-7-11)8-9-14(13)21(16,18)19/h3-10H,2H2,1H3. The molecule has 2 aromatic carbocycles. The van der Waals surface area contributed by atoms with E-state index in [1.54, 1.807) is 13.0 Å². The molecule has 0 saturated carbocycles. The molecule has 0 radical (unpaired) electrons. The van der Waals surface area contributed by atoms with Crippen LogP contribution in [0, 0.1) is 0 Å². The van der Waals surface area contributed by atoms with E-state index in [-0.39, 0.29) is 17.1 Å². The predicted octanol–water partition coefficient (Wildman–Crippen LogP) is 3.46. The van der Waals surface area contributed by atoms with Gasteiger partial charge >= 0.3 is 5.97 Å². The van der Waals surface area contributed by atoms with Crippen molar-refractivity contribution in [2.45, 2.75) is 11.8 Å². The summed E-state index contributed by atoms with van der Waals surface area (Å²) in [4.78, 5) is 11.7. The van der Waals surface area contributed by atoms with Crippen LogP contribution in [0.3, 0.4) is 0 Å². The first kappa shape index (κ1) is 15.5. The van der Waals surface area contributed by atoms with E-state index < -0.39 is 15.0 Å². The summed E-state index contributed by atoms with van der Waals surface area (Å²) in [5.74, 6) is -0.713. The Morgan fingerprint density at radius 2 is 1.76 bits per heavy atom. The highest BCUT2D eigenvalue weighted by molar-refractivity contribution is 8.13. The lowest BCUT2D eigenvalue weighted by molar-refractivity contribution is 0.0522. The van der Waals surface area contributed by atoms with Crippen molar-refractivity contribution in [3.05, 3.63) is 54.1 Å². The van der Waals surface area contributed by atoms with Crippen molar-refractivity contribution in [3.63, 3.8) is 0 Å². The average Bonchev–Trinajstić information content (AvgIpc) is 2.47. The molecule has 0 unspecified atom stereocenters. The fraction of sp³-hybridized carbons (Fsp3) is 0.133. The zero-order chi connectivity index (χ0) is 15.5. The molecule has 21 heavy (non-hydrogen) atoms. The summed E-state index contributed by atoms with van der Waals surface area (Å²) in [5, 5.41) is 0. The molecule has 110 valence electrons. The maximum Gasteiger partial charge on any atom is 0.339 e. The second-order valence-corrected chi connectivity index (χ2v) is 6.77. The van der Waals surface area contributed by atoms with Crippen molar-refractivity contribution in [3.8, 4) is 11.1 Å². The molecule has 0 bridgehead atoms. The molecule has 0 N–H and O–H groups in total. The first-order chi connectivity index (χ1) is 9.93. The van der Waals surface area contributed by atoms with Gasteiger partial charge in [-0.25, -0.2) is 13.2 Å². The largest absolute Gasteiger partial charge is 0.462 e. The Morgan fingerprint density at radius 3 is 2.33 bits per heavy atom. The Kier molecular flexibility index (Phi) is 4.65. The summed E-state index contributed by atoms with van der Waals surface area (Å²) >= 11 is 0. The van der Waals surface area contributed by atoms with E-state index in [0.29, 0.717) is 5.56 Å². The summed E-state index contributed by atoms with van der Waals surface area (Å²) in [5.41, 5.74) is 1.51. The SMILES string of the molecule is CCOC(=O)c1cc(-c2ccccc2)ccc1S(=O)(=O)Cl. The van der Waals surface area contributed by atoms with Gasteiger partial charge in [-0.2, -0.15) is 0 Å². The molecule has 0 spiro atoms. The first-order valence-corrected chi connectivity index (χ1v) is 8.55. The molecule has 0 aliphatic rings. The van der Waals surface area contributed by atoms with Crippen molar-refractivity contribution in [1.82, 2.24) is 0 Å². The van der Waals surface area contributed by atoms with Crippen molar-refractivity contribution < 1.29 is 17.9 Å². The Bertz CT molecular complexity index is 754. The minimum Gasteiger partial charge on any atom is -0.462 e. The van der Waals surface area contributed by atoms with Crippen molar-refractivity contribution in [2.24, 2.45) is 0 Å². The molecule has 0 aliphatic heterocycles. The van der Waals surface area contributed by atoms with Gasteiger partial charge < -0.3 is 4.74 Å². The Hall–Kier alpha value is -1.85. The summed E-state index contributed by atoms with van der Waals surface area (Å²) < 4.78 is 28.0. The Balaban J connectivity index is 2.60. The molecule has 6 heteroatoms. The zero-order valence-electron chi connectivity index (χ0n) is 11.2. The molecule has 0 fully saturated rings. The number of carbonyl (C=O) groups excluding carboxylic acids is 1. The van der Waals surface area contributed by atoms with Crippen LogP contribution in [-0.4, -0.2) is 21.0 Å². The average molecular weight is 325 g/mol. The van der Waals surface area contributed by atoms with Gasteiger partial charge in [0, 0.05) is 10.7 Å². The van der Waals surface area contributed by atoms with Gasteiger partial charge in [0.15, 0.2) is 0 Å². The van der Waals surface area contributed by atoms with E-state index in [2.05, 4.69) is 0 Å². The minimum atomic E-state index is -4.02. The van der Waals surface area contributed by atoms with Crippen LogP contribution in [0.5, 0.6) is 0 Å². The smallest absolute Gasteiger partial charge is 0.339 e. The fourth-order valence-electron chi connectivity index (χ4n) is 1.92. The quantitative estimate of drug-likeness (QED) is 0.638. The maximum atomic E-state index is 12.0. The summed E-state index contributed by atoms with van der Waals surface area (Å²) in [6.07, 6.45) is 0. The Morgan fingerprint density at radius 1 is 1.10 bits per heavy atom. The third kappa shape index (κ3) is 3.62. The number of hydrogen-bond acceptors (Lipinski definition) is 4. The normalized spacial score (nSPS) is 11.1. The summed E-state index contributed by atoms with van der Waals surface area (Å²) in [6, 6.07) is 13.7. The van der Waals surface area contributed by atoms with E-state index >= 15 is 0 Å². The highest BCUT2D eigenvalue weighted by Crippen LogP contribution is 2.27. The van der Waals surface area contributed by atoms with E-state index in [1.807, 2.05) is 30.3 Å². The van der Waals surface area contributed by atoms with E-state index in [4.69, 9.17) is 15.4 Å². The number of carbonyl (C=O) groups is 1. The van der Waals surface area contributed by atoms with Gasteiger partial charge in [0.2, 0.25) is 0 Å². The van der Waals surface area contributed by atoms with Crippen LogP contribution >= 0.6 is 10.7 Å². The third-order valence-corrected chi connectivity index (χ3v) is 4.22. The van der Waals surface area contributed by atoms with Crippen LogP contribution in [0.1, 0.15) is 17.3 Å². The number of hydrogen-bond donors (Lipinski definition) is 0. The van der Waals surface area contributed by atoms with E-state index in [1.165, 1.54) is 12.1 Å². The van der Waals surface area contributed by atoms with Gasteiger partial charge in [0.25, 0.3) is 9.05 Å². The minimum absolute atomic E-state index is 0.0618. The highest BCUT2D eigenvalue weighted by atomic mass is 35.7. The van der Waals surface area contributed by atoms with Gasteiger partial charge in [-0.15, -0.1) is 0 Å². The van der Waals surface area contributed by atoms with Crippen LogP contribution < -0.4 is 0 Å². The molecule has 0 aromatic heterocycles. The lowest BCUT2D eigenvalue weighted by atomic mass is 10.0. The highest BCUT2D eigenvalue weighted by Gasteiger charge is 2.22. The van der Waals surface area contributed by atoms with Crippen LogP contribution in [0.2, 0.25) is 0 Å². The van der Waals surface area contributed by atoms with Crippen LogP contribution in [-0.2, 0) is 13.8 Å². The van der Waals surface area contributed by atoms with E-state index in [0.717, 1.165) is 5.56 Å². The number of halogens is 1. The monoisotopic (exact) mass is 324 g/mol. The van der Waals surface area contributed by atoms with Gasteiger partial charge in [0.05, 0.1) is 17.1 Å². The van der Waals surface area contributed by atoms with Crippen LogP contribution in [0.4, 0.5) is 0 Å². The zero-order valence-corrected chi connectivity index (χ0v) is 12.8. The Labute approximate surface area is 127 Å². The molecule has 0 amide bonds. The van der Waals surface area contributed by atoms with Gasteiger partial charge in [-0.1, -0.05) is 36.4 Å². The summed E-state index contributed by atoms with van der Waals surface area (Å²) in [7, 11) is 1.35. The second-order valence-electron chi connectivity index (χ2n) is 4.24. The van der Waals surface area contributed by atoms with Crippen molar-refractivity contribution in [2.75, 3.05) is 6.61 Å². The van der Waals surface area contributed by atoms with E-state index in [9.17, 15) is 13.2 Å². The molecule has 0 atom stereocenters. The summed E-state index contributed by atoms with van der Waals surface area (Å²) in [6.45, 7) is 1.80. The lowest BCUT2D eigenvalue weighted by Gasteiger charge is -2.09. The molecule has 2 aromatic rings. The van der Waals surface area contributed by atoms with Gasteiger partial charge in [-0.3, -0.25) is 0 Å².